The van der Waals surface area contributed by atoms with Gasteiger partial charge in [-0.05, 0) is 37.5 Å². The molecule has 2 aromatic heterocycles. The van der Waals surface area contributed by atoms with Crippen LogP contribution in [0.4, 0.5) is 0 Å². The van der Waals surface area contributed by atoms with Gasteiger partial charge in [0.1, 0.15) is 11.2 Å². The topological polar surface area (TPSA) is 67.5 Å². The highest BCUT2D eigenvalue weighted by Gasteiger charge is 2.48. The van der Waals surface area contributed by atoms with Crippen molar-refractivity contribution in [2.45, 2.75) is 63.7 Å². The maximum Gasteiger partial charge on any atom is 0.271 e. The lowest BCUT2D eigenvalue weighted by atomic mass is 9.91. The Kier molecular flexibility index (Phi) is 5.05. The van der Waals surface area contributed by atoms with Gasteiger partial charge in [0.25, 0.3) is 5.91 Å². The fourth-order valence-electron chi connectivity index (χ4n) is 4.88. The second-order valence-electron chi connectivity index (χ2n) is 8.89. The minimum atomic E-state index is -1.02. The van der Waals surface area contributed by atoms with E-state index in [9.17, 15) is 9.59 Å². The zero-order valence-electron chi connectivity index (χ0n) is 17.6. The fraction of sp³-hybridized carbons (Fsp3) is 0.417. The van der Waals surface area contributed by atoms with Crippen LogP contribution in [-0.4, -0.2) is 32.9 Å². The summed E-state index contributed by atoms with van der Waals surface area (Å²) in [4.78, 5) is 29.0. The molecule has 1 aromatic carbocycles. The molecule has 2 amide bonds. The van der Waals surface area contributed by atoms with E-state index in [1.807, 2.05) is 29.7 Å². The molecular formula is C24H26ClN3O3. The number of hydrogen-bond acceptors (Lipinski definition) is 3. The Balaban J connectivity index is 1.52. The summed E-state index contributed by atoms with van der Waals surface area (Å²) in [5, 5.41) is 3.89. The molecule has 1 saturated carbocycles. The number of hydrogen-bond donors (Lipinski definition) is 1. The number of carbonyl (C=O) groups is 2. The van der Waals surface area contributed by atoms with Crippen LogP contribution in [0.5, 0.6) is 0 Å². The van der Waals surface area contributed by atoms with Crippen molar-refractivity contribution >= 4 is 34.5 Å². The van der Waals surface area contributed by atoms with Gasteiger partial charge in [-0.15, -0.1) is 0 Å². The smallest absolute Gasteiger partial charge is 0.271 e. The number of nitrogens with one attached hydrogen (secondary N) is 1. The molecule has 7 heteroatoms. The Morgan fingerprint density at radius 2 is 1.94 bits per heavy atom. The standard InChI is InChI=1S/C24H26ClN3O3/c1-24(23(30)26-18-5-3-2-4-6-18)15-27-19-11-12-31-21(19)13-20(27)22(29)28(24)14-16-7-9-17(25)10-8-16/h7-13,18H,2-6,14-15H2,1H3,(H,26,30)/t24-/m1/s1. The average molecular weight is 440 g/mol. The third-order valence-electron chi connectivity index (χ3n) is 6.73. The van der Waals surface area contributed by atoms with Crippen molar-refractivity contribution in [2.75, 3.05) is 0 Å². The predicted octanol–water partition coefficient (Wildman–Crippen LogP) is 4.75. The monoisotopic (exact) mass is 439 g/mol. The van der Waals surface area contributed by atoms with Crippen LogP contribution in [0.1, 0.15) is 55.1 Å². The van der Waals surface area contributed by atoms with Gasteiger partial charge in [-0.2, -0.15) is 0 Å². The maximum atomic E-state index is 13.6. The van der Waals surface area contributed by atoms with Crippen molar-refractivity contribution in [1.29, 1.82) is 0 Å². The van der Waals surface area contributed by atoms with E-state index in [4.69, 9.17) is 16.0 Å². The maximum absolute atomic E-state index is 13.6. The number of furan rings is 1. The molecule has 3 heterocycles. The van der Waals surface area contributed by atoms with Crippen molar-refractivity contribution in [3.05, 3.63) is 58.9 Å². The molecule has 1 N–H and O–H groups in total. The quantitative estimate of drug-likeness (QED) is 0.637. The van der Waals surface area contributed by atoms with Crippen molar-refractivity contribution in [3.63, 3.8) is 0 Å². The first-order valence-corrected chi connectivity index (χ1v) is 11.3. The molecule has 5 rings (SSSR count). The molecule has 0 bridgehead atoms. The van der Waals surface area contributed by atoms with Crippen LogP contribution in [0.3, 0.4) is 0 Å². The third-order valence-corrected chi connectivity index (χ3v) is 6.98. The summed E-state index contributed by atoms with van der Waals surface area (Å²) in [6.07, 6.45) is 7.08. The number of aromatic nitrogens is 1. The Bertz CT molecular complexity index is 1130. The molecule has 162 valence electrons. The second kappa shape index (κ2) is 7.75. The number of rotatable bonds is 4. The van der Waals surface area contributed by atoms with E-state index in [2.05, 4.69) is 5.32 Å². The van der Waals surface area contributed by atoms with Crippen LogP contribution in [-0.2, 0) is 17.9 Å². The molecule has 0 radical (unpaired) electrons. The molecule has 3 aromatic rings. The fourth-order valence-corrected chi connectivity index (χ4v) is 5.01. The van der Waals surface area contributed by atoms with Gasteiger partial charge >= 0.3 is 0 Å². The zero-order chi connectivity index (χ0) is 21.6. The molecule has 0 spiro atoms. The second-order valence-corrected chi connectivity index (χ2v) is 9.32. The Morgan fingerprint density at radius 3 is 2.68 bits per heavy atom. The molecule has 6 nitrogen and oxygen atoms in total. The number of fused-ring (bicyclic) bond motifs is 3. The normalized spacial score (nSPS) is 22.0. The van der Waals surface area contributed by atoms with E-state index < -0.39 is 5.54 Å². The largest absolute Gasteiger partial charge is 0.463 e. The van der Waals surface area contributed by atoms with E-state index in [0.29, 0.717) is 29.4 Å². The first-order valence-electron chi connectivity index (χ1n) is 10.9. The Labute approximate surface area is 186 Å². The van der Waals surface area contributed by atoms with Crippen LogP contribution in [0, 0.1) is 0 Å². The summed E-state index contributed by atoms with van der Waals surface area (Å²) in [5.41, 5.74) is 1.95. The van der Waals surface area contributed by atoms with E-state index in [-0.39, 0.29) is 17.9 Å². The SMILES string of the molecule is C[C@]1(C(=O)NC2CCCCC2)Cn2c(cc3occc32)C(=O)N1Cc1ccc(Cl)cc1. The number of amides is 2. The average Bonchev–Trinajstić information content (AvgIpc) is 3.36. The molecule has 31 heavy (non-hydrogen) atoms. The van der Waals surface area contributed by atoms with Gasteiger partial charge in [-0.1, -0.05) is 43.0 Å². The number of benzene rings is 1. The molecular weight excluding hydrogens is 414 g/mol. The predicted molar refractivity (Wildman–Crippen MR) is 119 cm³/mol. The summed E-state index contributed by atoms with van der Waals surface area (Å²) in [6, 6.07) is 11.2. The lowest BCUT2D eigenvalue weighted by Crippen LogP contribution is -2.64. The lowest BCUT2D eigenvalue weighted by molar-refractivity contribution is -0.134. The minimum Gasteiger partial charge on any atom is -0.463 e. The van der Waals surface area contributed by atoms with Crippen molar-refractivity contribution < 1.29 is 14.0 Å². The molecule has 1 aliphatic heterocycles. The molecule has 1 atom stereocenters. The van der Waals surface area contributed by atoms with Gasteiger partial charge < -0.3 is 19.2 Å². The highest BCUT2D eigenvalue weighted by Crippen LogP contribution is 2.34. The summed E-state index contributed by atoms with van der Waals surface area (Å²) in [6.45, 7) is 2.58. The van der Waals surface area contributed by atoms with E-state index in [1.165, 1.54) is 6.42 Å². The summed E-state index contributed by atoms with van der Waals surface area (Å²) in [5.74, 6) is -0.272. The Morgan fingerprint density at radius 1 is 1.19 bits per heavy atom. The van der Waals surface area contributed by atoms with E-state index >= 15 is 0 Å². The molecule has 1 fully saturated rings. The molecule has 0 saturated heterocycles. The zero-order valence-corrected chi connectivity index (χ0v) is 18.3. The molecule has 1 aliphatic carbocycles. The van der Waals surface area contributed by atoms with Crippen molar-refractivity contribution in [3.8, 4) is 0 Å². The van der Waals surface area contributed by atoms with Crippen LogP contribution in [0.2, 0.25) is 5.02 Å². The van der Waals surface area contributed by atoms with E-state index in [1.54, 1.807) is 29.4 Å². The number of nitrogens with zero attached hydrogens (tertiary/aromatic N) is 2. The van der Waals surface area contributed by atoms with Gasteiger partial charge in [0.2, 0.25) is 5.91 Å². The van der Waals surface area contributed by atoms with Crippen molar-refractivity contribution in [1.82, 2.24) is 14.8 Å². The van der Waals surface area contributed by atoms with Crippen LogP contribution >= 0.6 is 11.6 Å². The van der Waals surface area contributed by atoms with E-state index in [0.717, 1.165) is 36.8 Å². The number of carbonyl (C=O) groups excluding carboxylic acids is 2. The van der Waals surface area contributed by atoms with Crippen molar-refractivity contribution in [2.24, 2.45) is 0 Å². The van der Waals surface area contributed by atoms with Gasteiger partial charge in [0, 0.05) is 29.7 Å². The summed E-state index contributed by atoms with van der Waals surface area (Å²) in [7, 11) is 0. The molecule has 2 aliphatic rings. The highest BCUT2D eigenvalue weighted by atomic mass is 35.5. The van der Waals surface area contributed by atoms with Crippen LogP contribution < -0.4 is 5.32 Å². The minimum absolute atomic E-state index is 0.0993. The summed E-state index contributed by atoms with van der Waals surface area (Å²) >= 11 is 6.04. The summed E-state index contributed by atoms with van der Waals surface area (Å²) < 4.78 is 7.45. The van der Waals surface area contributed by atoms with Gasteiger partial charge in [0.05, 0.1) is 18.3 Å². The molecule has 0 unspecified atom stereocenters. The van der Waals surface area contributed by atoms with Gasteiger partial charge in [0.15, 0.2) is 5.58 Å². The number of halogens is 1. The van der Waals surface area contributed by atoms with Gasteiger partial charge in [-0.25, -0.2) is 0 Å². The first kappa shape index (κ1) is 20.2. The lowest BCUT2D eigenvalue weighted by Gasteiger charge is -2.44. The third kappa shape index (κ3) is 3.53. The Hall–Kier alpha value is -2.73. The van der Waals surface area contributed by atoms with Crippen LogP contribution in [0.15, 0.2) is 47.1 Å². The highest BCUT2D eigenvalue weighted by molar-refractivity contribution is 6.30. The van der Waals surface area contributed by atoms with Gasteiger partial charge in [-0.3, -0.25) is 9.59 Å². The van der Waals surface area contributed by atoms with Crippen LogP contribution in [0.25, 0.3) is 11.1 Å². The first-order chi connectivity index (χ1) is 15.0.